The lowest BCUT2D eigenvalue weighted by molar-refractivity contribution is -0.143. The molecule has 0 spiro atoms. The molecule has 0 heterocycles. The number of halogens is 4. The van der Waals surface area contributed by atoms with Gasteiger partial charge in [-0.15, -0.1) is 0 Å². The second-order valence-electron chi connectivity index (χ2n) is 11.7. The van der Waals surface area contributed by atoms with E-state index in [0.29, 0.717) is 42.3 Å². The lowest BCUT2D eigenvalue weighted by atomic mass is 9.83. The van der Waals surface area contributed by atoms with Gasteiger partial charge in [-0.2, -0.15) is 13.2 Å². The number of hydrogen-bond donors (Lipinski definition) is 3. The maximum atomic E-state index is 13.7. The third-order valence-corrected chi connectivity index (χ3v) is 11.2. The second kappa shape index (κ2) is 12.8. The van der Waals surface area contributed by atoms with E-state index in [2.05, 4.69) is 26.6 Å². The van der Waals surface area contributed by atoms with Crippen molar-refractivity contribution in [1.82, 2.24) is 5.32 Å². The summed E-state index contributed by atoms with van der Waals surface area (Å²) in [5.41, 5.74) is -5.43. The van der Waals surface area contributed by atoms with E-state index in [9.17, 15) is 41.1 Å². The van der Waals surface area contributed by atoms with Crippen LogP contribution in [0.4, 0.5) is 18.9 Å². The molecular weight excluding hydrogens is 685 g/mol. The Balaban J connectivity index is 1.32. The van der Waals surface area contributed by atoms with Crippen molar-refractivity contribution < 1.29 is 50.6 Å². The van der Waals surface area contributed by atoms with Crippen molar-refractivity contribution in [3.63, 3.8) is 0 Å². The number of carboxylic acids is 1. The summed E-state index contributed by atoms with van der Waals surface area (Å²) >= 11 is 3.45. The first kappa shape index (κ1) is 33.0. The van der Waals surface area contributed by atoms with Gasteiger partial charge in [-0.3, -0.25) is 14.4 Å². The lowest BCUT2D eigenvalue weighted by Crippen LogP contribution is -2.48. The van der Waals surface area contributed by atoms with Crippen molar-refractivity contribution in [1.29, 1.82) is 0 Å². The molecule has 5 rings (SSSR count). The number of methoxy groups -OCH3 is 1. The zero-order valence-electron chi connectivity index (χ0n) is 24.1. The molecule has 4 atom stereocenters. The standard InChI is InChI=1S/C30H32BrF3N2O8S/c1-43-23-14-22(31)24(44-19-9-7-15(8-10-19)29(39)40)13-21(23)27(37)36-26-17-6-5-16(11-17)25(26)28(38)35-18-3-2-4-20(12-18)45(41,42)30(32,33)34/h2-4,12-17,19,25-26H,5-11H2,1H3,(H,35,38)(H,36,37)(H,39,40)/t15-,16-,17+,19+,25+,26-/m1/s1. The minimum atomic E-state index is -5.61. The van der Waals surface area contributed by atoms with Crippen LogP contribution >= 0.6 is 15.9 Å². The van der Waals surface area contributed by atoms with E-state index in [0.717, 1.165) is 31.0 Å². The molecule has 0 unspecified atom stereocenters. The van der Waals surface area contributed by atoms with Gasteiger partial charge in [0.1, 0.15) is 11.5 Å². The Hall–Kier alpha value is -3.33. The summed E-state index contributed by atoms with van der Waals surface area (Å²) in [6.45, 7) is 0. The van der Waals surface area contributed by atoms with Gasteiger partial charge >= 0.3 is 11.5 Å². The van der Waals surface area contributed by atoms with E-state index in [-0.39, 0.29) is 34.9 Å². The Morgan fingerprint density at radius 3 is 2.31 bits per heavy atom. The van der Waals surface area contributed by atoms with Crippen LogP contribution in [-0.2, 0) is 19.4 Å². The number of hydrogen-bond acceptors (Lipinski definition) is 7. The third-order valence-electron chi connectivity index (χ3n) is 9.05. The van der Waals surface area contributed by atoms with E-state index in [4.69, 9.17) is 9.47 Å². The highest BCUT2D eigenvalue weighted by atomic mass is 79.9. The first-order valence-corrected chi connectivity index (χ1v) is 16.8. The second-order valence-corrected chi connectivity index (χ2v) is 14.5. The lowest BCUT2D eigenvalue weighted by Gasteiger charge is -2.31. The smallest absolute Gasteiger partial charge is 0.496 e. The van der Waals surface area contributed by atoms with Gasteiger partial charge in [-0.05, 0) is 103 Å². The van der Waals surface area contributed by atoms with Crippen molar-refractivity contribution in [3.05, 3.63) is 46.4 Å². The van der Waals surface area contributed by atoms with Crippen LogP contribution in [0.1, 0.15) is 55.3 Å². The first-order valence-electron chi connectivity index (χ1n) is 14.5. The molecule has 45 heavy (non-hydrogen) atoms. The third kappa shape index (κ3) is 6.79. The fourth-order valence-electron chi connectivity index (χ4n) is 6.78. The van der Waals surface area contributed by atoms with Crippen molar-refractivity contribution in [2.75, 3.05) is 12.4 Å². The number of sulfone groups is 1. The number of nitrogens with one attached hydrogen (secondary N) is 2. The molecule has 3 fully saturated rings. The van der Waals surface area contributed by atoms with E-state index in [1.807, 2.05) is 0 Å². The molecule has 3 aliphatic carbocycles. The first-order chi connectivity index (χ1) is 21.2. The predicted octanol–water partition coefficient (Wildman–Crippen LogP) is 5.56. The van der Waals surface area contributed by atoms with Gasteiger partial charge in [0.2, 0.25) is 5.91 Å². The molecule has 2 bridgehead atoms. The van der Waals surface area contributed by atoms with Gasteiger partial charge in [0.25, 0.3) is 15.7 Å². The average Bonchev–Trinajstić information content (AvgIpc) is 3.60. The Kier molecular flexibility index (Phi) is 9.41. The normalized spacial score (nSPS) is 26.2. The largest absolute Gasteiger partial charge is 0.501 e. The molecule has 3 N–H and O–H groups in total. The van der Waals surface area contributed by atoms with Gasteiger partial charge < -0.3 is 25.2 Å². The molecule has 2 aromatic rings. The monoisotopic (exact) mass is 716 g/mol. The Bertz CT molecular complexity index is 1590. The van der Waals surface area contributed by atoms with Crippen molar-refractivity contribution >= 4 is 49.2 Å². The van der Waals surface area contributed by atoms with Gasteiger partial charge in [0, 0.05) is 11.7 Å². The molecule has 0 aromatic heterocycles. The number of carbonyl (C=O) groups excluding carboxylic acids is 2. The van der Waals surface area contributed by atoms with Crippen LogP contribution in [0.3, 0.4) is 0 Å². The Morgan fingerprint density at radius 2 is 1.67 bits per heavy atom. The summed E-state index contributed by atoms with van der Waals surface area (Å²) < 4.78 is 75.1. The summed E-state index contributed by atoms with van der Waals surface area (Å²) in [5, 5.41) is 14.8. The predicted molar refractivity (Wildman–Crippen MR) is 159 cm³/mol. The number of aliphatic carboxylic acids is 1. The SMILES string of the molecule is COc1cc(Br)c(O[C@H]2CC[C@@H](C(=O)O)CC2)cc1C(=O)N[C@@H]1[C@H]2CC[C@H](C2)[C@@H]1C(=O)Nc1cccc(S(=O)(=O)C(F)(F)F)c1. The van der Waals surface area contributed by atoms with Gasteiger partial charge in [0.15, 0.2) is 0 Å². The maximum Gasteiger partial charge on any atom is 0.501 e. The highest BCUT2D eigenvalue weighted by Gasteiger charge is 2.52. The number of fused-ring (bicyclic) bond motifs is 2. The van der Waals surface area contributed by atoms with Gasteiger partial charge in [-0.25, -0.2) is 8.42 Å². The Labute approximate surface area is 266 Å². The van der Waals surface area contributed by atoms with Crippen LogP contribution in [0.25, 0.3) is 0 Å². The number of anilines is 1. The summed E-state index contributed by atoms with van der Waals surface area (Å²) in [7, 11) is -4.20. The molecule has 2 amide bonds. The number of alkyl halides is 3. The molecule has 3 aliphatic rings. The Morgan fingerprint density at radius 1 is 0.978 bits per heavy atom. The summed E-state index contributed by atoms with van der Waals surface area (Å²) in [4.78, 5) is 37.5. The van der Waals surface area contributed by atoms with Crippen LogP contribution in [-0.4, -0.2) is 56.1 Å². The molecule has 244 valence electrons. The van der Waals surface area contributed by atoms with E-state index in [1.54, 1.807) is 6.07 Å². The summed E-state index contributed by atoms with van der Waals surface area (Å²) in [5.74, 6) is -2.41. The van der Waals surface area contributed by atoms with Crippen molar-refractivity contribution in [2.45, 2.75) is 67.5 Å². The minimum Gasteiger partial charge on any atom is -0.496 e. The number of ether oxygens (including phenoxy) is 2. The van der Waals surface area contributed by atoms with Crippen molar-refractivity contribution in [3.8, 4) is 11.5 Å². The van der Waals surface area contributed by atoms with E-state index in [1.165, 1.54) is 19.2 Å². The maximum absolute atomic E-state index is 13.7. The van der Waals surface area contributed by atoms with Crippen LogP contribution in [0.2, 0.25) is 0 Å². The van der Waals surface area contributed by atoms with Crippen molar-refractivity contribution in [2.24, 2.45) is 23.7 Å². The van der Waals surface area contributed by atoms with E-state index < -0.39 is 55.9 Å². The molecule has 0 radical (unpaired) electrons. The van der Waals surface area contributed by atoms with Crippen LogP contribution in [0.15, 0.2) is 45.8 Å². The molecule has 3 saturated carbocycles. The average molecular weight is 718 g/mol. The fourth-order valence-corrected chi connectivity index (χ4v) is 8.01. The van der Waals surface area contributed by atoms with Crippen LogP contribution in [0, 0.1) is 23.7 Å². The fraction of sp³-hybridized carbons (Fsp3) is 0.500. The highest BCUT2D eigenvalue weighted by molar-refractivity contribution is 9.10. The van der Waals surface area contributed by atoms with Crippen LogP contribution in [0.5, 0.6) is 11.5 Å². The number of amides is 2. The topological polar surface area (TPSA) is 148 Å². The molecular formula is C30H32BrF3N2O8S. The summed E-state index contributed by atoms with van der Waals surface area (Å²) in [6, 6.07) is 6.55. The molecule has 15 heteroatoms. The highest BCUT2D eigenvalue weighted by Crippen LogP contribution is 2.49. The van der Waals surface area contributed by atoms with Gasteiger partial charge in [0.05, 0.1) is 40.0 Å². The molecule has 0 aliphatic heterocycles. The zero-order valence-corrected chi connectivity index (χ0v) is 26.5. The van der Waals surface area contributed by atoms with Crippen LogP contribution < -0.4 is 20.1 Å². The van der Waals surface area contributed by atoms with E-state index >= 15 is 0 Å². The number of carboxylic acid groups (broad SMARTS) is 1. The number of carbonyl (C=O) groups is 3. The molecule has 2 aromatic carbocycles. The summed E-state index contributed by atoms with van der Waals surface area (Å²) in [6.07, 6.45) is 4.02. The molecule has 10 nitrogen and oxygen atoms in total. The quantitative estimate of drug-likeness (QED) is 0.306. The molecule has 0 saturated heterocycles. The zero-order chi connectivity index (χ0) is 32.7. The minimum absolute atomic E-state index is 0.00627. The van der Waals surface area contributed by atoms with Gasteiger partial charge in [-0.1, -0.05) is 6.07 Å². The number of benzene rings is 2. The number of rotatable bonds is 9.